The summed E-state index contributed by atoms with van der Waals surface area (Å²) < 4.78 is 5.92. The van der Waals surface area contributed by atoms with Gasteiger partial charge in [-0.15, -0.1) is 24.0 Å². The third-order valence-corrected chi connectivity index (χ3v) is 6.07. The largest absolute Gasteiger partial charge is 0.373 e. The van der Waals surface area contributed by atoms with Crippen LogP contribution in [0.3, 0.4) is 0 Å². The fourth-order valence-corrected chi connectivity index (χ4v) is 4.78. The second-order valence-corrected chi connectivity index (χ2v) is 7.48. The normalized spacial score (nSPS) is 41.1. The standard InChI is InChI=1S/C17H29N3O.HI/c1-18-17(20-15-9-12-7-8-16(15)21-12)19-14-10-13(14)11-5-3-2-4-6-11;/h11-16H,2-10H2,1H3,(H2,18,19,20);1H. The van der Waals surface area contributed by atoms with Crippen LogP contribution in [0.15, 0.2) is 4.99 Å². The number of nitrogens with one attached hydrogen (secondary N) is 2. The molecule has 2 heterocycles. The van der Waals surface area contributed by atoms with E-state index in [1.165, 1.54) is 51.4 Å². The predicted octanol–water partition coefficient (Wildman–Crippen LogP) is 3.06. The fourth-order valence-electron chi connectivity index (χ4n) is 4.78. The molecule has 5 heteroatoms. The maximum atomic E-state index is 5.92. The summed E-state index contributed by atoms with van der Waals surface area (Å²) in [6, 6.07) is 1.14. The van der Waals surface area contributed by atoms with Crippen LogP contribution in [0.1, 0.15) is 57.8 Å². The summed E-state index contributed by atoms with van der Waals surface area (Å²) in [5.74, 6) is 2.87. The molecule has 2 aliphatic heterocycles. The van der Waals surface area contributed by atoms with Gasteiger partial charge in [0.2, 0.25) is 0 Å². The molecule has 4 aliphatic rings. The molecule has 2 aliphatic carbocycles. The van der Waals surface area contributed by atoms with Gasteiger partial charge in [-0.1, -0.05) is 32.1 Å². The second-order valence-electron chi connectivity index (χ2n) is 7.48. The smallest absolute Gasteiger partial charge is 0.191 e. The van der Waals surface area contributed by atoms with Gasteiger partial charge in [0.25, 0.3) is 0 Å². The van der Waals surface area contributed by atoms with Crippen LogP contribution in [0, 0.1) is 11.8 Å². The van der Waals surface area contributed by atoms with E-state index < -0.39 is 0 Å². The zero-order valence-electron chi connectivity index (χ0n) is 13.6. The maximum absolute atomic E-state index is 5.92. The Balaban J connectivity index is 0.00000144. The highest BCUT2D eigenvalue weighted by Gasteiger charge is 2.45. The van der Waals surface area contributed by atoms with E-state index in [9.17, 15) is 0 Å². The van der Waals surface area contributed by atoms with Crippen molar-refractivity contribution in [1.29, 1.82) is 0 Å². The highest BCUT2D eigenvalue weighted by molar-refractivity contribution is 14.0. The van der Waals surface area contributed by atoms with Crippen LogP contribution in [0.4, 0.5) is 0 Å². The summed E-state index contributed by atoms with van der Waals surface area (Å²) in [6.45, 7) is 0. The van der Waals surface area contributed by atoms with Gasteiger partial charge < -0.3 is 15.4 Å². The molecule has 0 aromatic carbocycles. The Morgan fingerprint density at radius 3 is 2.36 bits per heavy atom. The van der Waals surface area contributed by atoms with Crippen LogP contribution in [0.2, 0.25) is 0 Å². The molecule has 126 valence electrons. The Bertz CT molecular complexity index is 411. The van der Waals surface area contributed by atoms with Crippen LogP contribution < -0.4 is 10.6 Å². The summed E-state index contributed by atoms with van der Waals surface area (Å²) >= 11 is 0. The van der Waals surface area contributed by atoms with Crippen LogP contribution in [-0.2, 0) is 4.74 Å². The topological polar surface area (TPSA) is 45.7 Å². The van der Waals surface area contributed by atoms with E-state index in [0.29, 0.717) is 24.3 Å². The molecule has 4 nitrogen and oxygen atoms in total. The number of rotatable bonds is 3. The molecular weight excluding hydrogens is 389 g/mol. The lowest BCUT2D eigenvalue weighted by Crippen LogP contribution is -2.48. The van der Waals surface area contributed by atoms with E-state index in [1.807, 2.05) is 7.05 Å². The molecule has 2 saturated heterocycles. The molecule has 4 rings (SSSR count). The number of guanidine groups is 1. The molecule has 0 spiro atoms. The van der Waals surface area contributed by atoms with Crippen molar-refractivity contribution in [2.45, 2.75) is 82.1 Å². The molecule has 2 N–H and O–H groups in total. The van der Waals surface area contributed by atoms with Crippen LogP contribution in [-0.4, -0.2) is 37.3 Å². The van der Waals surface area contributed by atoms with Crippen molar-refractivity contribution in [2.24, 2.45) is 16.8 Å². The number of ether oxygens (including phenoxy) is 1. The van der Waals surface area contributed by atoms with Crippen molar-refractivity contribution in [1.82, 2.24) is 10.6 Å². The lowest BCUT2D eigenvalue weighted by atomic mass is 9.85. The Morgan fingerprint density at radius 1 is 0.955 bits per heavy atom. The summed E-state index contributed by atoms with van der Waals surface area (Å²) in [4.78, 5) is 4.43. The average molecular weight is 419 g/mol. The second kappa shape index (κ2) is 7.24. The summed E-state index contributed by atoms with van der Waals surface area (Å²) in [5, 5.41) is 7.26. The monoisotopic (exact) mass is 419 g/mol. The van der Waals surface area contributed by atoms with Crippen molar-refractivity contribution < 1.29 is 4.74 Å². The number of nitrogens with zero attached hydrogens (tertiary/aromatic N) is 1. The number of hydrogen-bond acceptors (Lipinski definition) is 2. The van der Waals surface area contributed by atoms with Gasteiger partial charge in [-0.3, -0.25) is 4.99 Å². The summed E-state index contributed by atoms with van der Waals surface area (Å²) in [5.41, 5.74) is 0. The molecule has 5 atom stereocenters. The minimum atomic E-state index is 0. The zero-order valence-corrected chi connectivity index (χ0v) is 15.9. The van der Waals surface area contributed by atoms with Gasteiger partial charge in [0.1, 0.15) is 0 Å². The predicted molar refractivity (Wildman–Crippen MR) is 99.8 cm³/mol. The molecule has 4 fully saturated rings. The highest BCUT2D eigenvalue weighted by atomic mass is 127. The molecule has 5 unspecified atom stereocenters. The van der Waals surface area contributed by atoms with Crippen molar-refractivity contribution in [3.05, 3.63) is 0 Å². The van der Waals surface area contributed by atoms with E-state index >= 15 is 0 Å². The number of hydrogen-bond donors (Lipinski definition) is 2. The average Bonchev–Trinajstić information content (AvgIpc) is 2.97. The lowest BCUT2D eigenvalue weighted by molar-refractivity contribution is 0.0992. The van der Waals surface area contributed by atoms with Gasteiger partial charge in [-0.25, -0.2) is 0 Å². The van der Waals surface area contributed by atoms with E-state index in [-0.39, 0.29) is 24.0 Å². The van der Waals surface area contributed by atoms with Crippen LogP contribution in [0.25, 0.3) is 0 Å². The molecule has 0 amide bonds. The van der Waals surface area contributed by atoms with Crippen LogP contribution >= 0.6 is 24.0 Å². The summed E-state index contributed by atoms with van der Waals surface area (Å²) in [7, 11) is 1.89. The van der Waals surface area contributed by atoms with Gasteiger partial charge in [-0.05, 0) is 37.5 Å². The molecule has 0 aromatic heterocycles. The molecule has 2 saturated carbocycles. The van der Waals surface area contributed by atoms with Crippen molar-refractivity contribution >= 4 is 29.9 Å². The Labute approximate surface area is 151 Å². The molecule has 22 heavy (non-hydrogen) atoms. The number of fused-ring (bicyclic) bond motifs is 2. The molecule has 2 bridgehead atoms. The minimum Gasteiger partial charge on any atom is -0.373 e. The Morgan fingerprint density at radius 2 is 1.73 bits per heavy atom. The van der Waals surface area contributed by atoms with Gasteiger partial charge >= 0.3 is 0 Å². The summed E-state index contributed by atoms with van der Waals surface area (Å²) in [6.07, 6.45) is 13.1. The van der Waals surface area contributed by atoms with Gasteiger partial charge in [0.05, 0.1) is 18.2 Å². The quantitative estimate of drug-likeness (QED) is 0.420. The van der Waals surface area contributed by atoms with E-state index in [0.717, 1.165) is 24.2 Å². The molecular formula is C17H30IN3O. The van der Waals surface area contributed by atoms with E-state index in [4.69, 9.17) is 4.74 Å². The van der Waals surface area contributed by atoms with E-state index in [2.05, 4.69) is 15.6 Å². The highest BCUT2D eigenvalue weighted by Crippen LogP contribution is 2.44. The maximum Gasteiger partial charge on any atom is 0.191 e. The van der Waals surface area contributed by atoms with Gasteiger partial charge in [-0.2, -0.15) is 0 Å². The third kappa shape index (κ3) is 3.55. The zero-order chi connectivity index (χ0) is 14.2. The Kier molecular flexibility index (Phi) is 5.53. The van der Waals surface area contributed by atoms with Crippen molar-refractivity contribution in [2.75, 3.05) is 7.05 Å². The number of halogens is 1. The third-order valence-electron chi connectivity index (χ3n) is 6.07. The fraction of sp³-hybridized carbons (Fsp3) is 0.941. The number of aliphatic imine (C=N–C) groups is 1. The van der Waals surface area contributed by atoms with Gasteiger partial charge in [0.15, 0.2) is 5.96 Å². The SMILES string of the molecule is CN=C(NC1CC2CCC1O2)NC1CC1C1CCCCC1.I. The van der Waals surface area contributed by atoms with E-state index in [1.54, 1.807) is 0 Å². The first-order chi connectivity index (χ1) is 10.3. The lowest BCUT2D eigenvalue weighted by Gasteiger charge is -2.24. The van der Waals surface area contributed by atoms with Crippen molar-refractivity contribution in [3.63, 3.8) is 0 Å². The first kappa shape index (κ1) is 16.8. The van der Waals surface area contributed by atoms with Crippen LogP contribution in [0.5, 0.6) is 0 Å². The first-order valence-electron chi connectivity index (χ1n) is 8.99. The minimum absolute atomic E-state index is 0. The van der Waals surface area contributed by atoms with Crippen molar-refractivity contribution in [3.8, 4) is 0 Å². The first-order valence-corrected chi connectivity index (χ1v) is 8.99. The molecule has 0 radical (unpaired) electrons. The van der Waals surface area contributed by atoms with Gasteiger partial charge in [0, 0.05) is 13.1 Å². The molecule has 0 aromatic rings. The Hall–Kier alpha value is -0.0400.